The molecule has 0 aromatic heterocycles. The zero-order chi connectivity index (χ0) is 14.7. The van der Waals surface area contributed by atoms with Crippen LogP contribution in [0.1, 0.15) is 44.3 Å². The van der Waals surface area contributed by atoms with Crippen LogP contribution in [-0.4, -0.2) is 23.8 Å². The van der Waals surface area contributed by atoms with Crippen molar-refractivity contribution in [3.63, 3.8) is 0 Å². The molecule has 3 nitrogen and oxygen atoms in total. The molecule has 0 bridgehead atoms. The largest absolute Gasteiger partial charge is 0.494 e. The predicted octanol–water partition coefficient (Wildman–Crippen LogP) is 1.91. The van der Waals surface area contributed by atoms with E-state index in [1.54, 1.807) is 0 Å². The van der Waals surface area contributed by atoms with Gasteiger partial charge in [0.15, 0.2) is 0 Å². The quantitative estimate of drug-likeness (QED) is 0.830. The highest BCUT2D eigenvalue weighted by atomic mass is 19.1. The fourth-order valence-electron chi connectivity index (χ4n) is 2.74. The minimum atomic E-state index is -2.15. The number of rotatable bonds is 4. The molecule has 1 aliphatic heterocycles. The minimum Gasteiger partial charge on any atom is -0.423 e. The number of halogens is 2. The summed E-state index contributed by atoms with van der Waals surface area (Å²) in [6, 6.07) is 2.26. The minimum absolute atomic E-state index is 0.322. The van der Waals surface area contributed by atoms with Crippen molar-refractivity contribution in [1.29, 1.82) is 0 Å². The summed E-state index contributed by atoms with van der Waals surface area (Å²) in [5.74, 6) is -1.38. The van der Waals surface area contributed by atoms with E-state index in [1.807, 2.05) is 0 Å². The fourth-order valence-corrected chi connectivity index (χ4v) is 2.74. The molecule has 110 valence electrons. The van der Waals surface area contributed by atoms with Gasteiger partial charge in [0.05, 0.1) is 18.2 Å². The molecule has 1 heterocycles. The van der Waals surface area contributed by atoms with Gasteiger partial charge in [0, 0.05) is 0 Å². The highest BCUT2D eigenvalue weighted by molar-refractivity contribution is 6.58. The second kappa shape index (κ2) is 6.65. The number of hydrogen-bond donors (Lipinski definition) is 2. The Bertz CT molecular complexity index is 437. The van der Waals surface area contributed by atoms with Crippen molar-refractivity contribution in [1.82, 2.24) is 0 Å². The summed E-state index contributed by atoms with van der Waals surface area (Å²) in [5.41, 5.74) is -0.298. The van der Waals surface area contributed by atoms with E-state index in [4.69, 9.17) is 14.8 Å². The lowest BCUT2D eigenvalue weighted by atomic mass is 9.78. The van der Waals surface area contributed by atoms with E-state index in [0.29, 0.717) is 18.1 Å². The number of benzene rings is 1. The van der Waals surface area contributed by atoms with E-state index in [2.05, 4.69) is 6.92 Å². The maximum Gasteiger partial charge on any atom is 0.494 e. The molecule has 0 saturated carbocycles. The number of hydrogen-bond acceptors (Lipinski definition) is 3. The van der Waals surface area contributed by atoms with Crippen LogP contribution in [0.2, 0.25) is 0 Å². The first-order valence-electron chi connectivity index (χ1n) is 6.99. The second-order valence-electron chi connectivity index (χ2n) is 5.33. The van der Waals surface area contributed by atoms with Crippen molar-refractivity contribution in [2.75, 3.05) is 6.61 Å². The van der Waals surface area contributed by atoms with E-state index >= 15 is 0 Å². The molecule has 1 aromatic rings. The fraction of sp³-hybridized carbons (Fsp3) is 0.571. The van der Waals surface area contributed by atoms with Gasteiger partial charge in [-0.15, -0.1) is 0 Å². The van der Waals surface area contributed by atoms with Gasteiger partial charge in [-0.25, -0.2) is 8.78 Å². The van der Waals surface area contributed by atoms with Crippen LogP contribution in [-0.2, 0) is 4.74 Å². The zero-order valence-corrected chi connectivity index (χ0v) is 11.5. The third-order valence-corrected chi connectivity index (χ3v) is 3.80. The molecule has 0 spiro atoms. The van der Waals surface area contributed by atoms with Crippen molar-refractivity contribution in [2.45, 2.75) is 38.7 Å². The summed E-state index contributed by atoms with van der Waals surface area (Å²) in [7, 11) is -2.15. The molecule has 2 rings (SSSR count). The van der Waals surface area contributed by atoms with Crippen LogP contribution in [0.5, 0.6) is 0 Å². The smallest absolute Gasteiger partial charge is 0.423 e. The Labute approximate surface area is 117 Å². The first kappa shape index (κ1) is 15.4. The van der Waals surface area contributed by atoms with Crippen LogP contribution in [0.4, 0.5) is 8.78 Å². The molecule has 1 saturated heterocycles. The van der Waals surface area contributed by atoms with Gasteiger partial charge in [-0.05, 0) is 42.9 Å². The van der Waals surface area contributed by atoms with Gasteiger partial charge in [0.2, 0.25) is 0 Å². The predicted molar refractivity (Wildman–Crippen MR) is 72.5 cm³/mol. The standard InChI is InChI=1S/C14H19BF2O3/c1-2-3-9-4-5-13(20-8-9)10-6-11(16)14(15(18)19)12(17)7-10/h6-7,9,13,18-19H,2-5,8H2,1H3/t9?,13-/m0/s1. The first-order valence-corrected chi connectivity index (χ1v) is 6.99. The summed E-state index contributed by atoms with van der Waals surface area (Å²) in [5, 5.41) is 17.8. The summed E-state index contributed by atoms with van der Waals surface area (Å²) in [6.45, 7) is 2.72. The molecular weight excluding hydrogens is 265 g/mol. The Morgan fingerprint density at radius 3 is 2.35 bits per heavy atom. The van der Waals surface area contributed by atoms with Crippen LogP contribution in [0, 0.1) is 17.6 Å². The summed E-state index contributed by atoms with van der Waals surface area (Å²) in [4.78, 5) is 0. The van der Waals surface area contributed by atoms with Crippen LogP contribution in [0.25, 0.3) is 0 Å². The summed E-state index contributed by atoms with van der Waals surface area (Å²) >= 11 is 0. The van der Waals surface area contributed by atoms with Crippen molar-refractivity contribution >= 4 is 12.6 Å². The maximum absolute atomic E-state index is 13.7. The SMILES string of the molecule is CCCC1CC[C@@H](c2cc(F)c(B(O)O)c(F)c2)OC1. The normalized spacial score (nSPS) is 22.9. The Balaban J connectivity index is 2.11. The van der Waals surface area contributed by atoms with Crippen LogP contribution in [0.3, 0.4) is 0 Å². The first-order chi connectivity index (χ1) is 9.52. The summed E-state index contributed by atoms with van der Waals surface area (Å²) < 4.78 is 33.1. The topological polar surface area (TPSA) is 49.7 Å². The van der Waals surface area contributed by atoms with E-state index < -0.39 is 24.2 Å². The van der Waals surface area contributed by atoms with Crippen molar-refractivity contribution in [3.8, 4) is 0 Å². The Morgan fingerprint density at radius 2 is 1.90 bits per heavy atom. The molecule has 2 atom stereocenters. The lowest BCUT2D eigenvalue weighted by Crippen LogP contribution is -2.36. The van der Waals surface area contributed by atoms with Crippen molar-refractivity contribution < 1.29 is 23.6 Å². The molecule has 2 N–H and O–H groups in total. The maximum atomic E-state index is 13.7. The van der Waals surface area contributed by atoms with E-state index in [-0.39, 0.29) is 6.10 Å². The van der Waals surface area contributed by atoms with E-state index in [1.165, 1.54) is 0 Å². The molecule has 0 amide bonds. The Kier molecular flexibility index (Phi) is 5.13. The highest BCUT2D eigenvalue weighted by Gasteiger charge is 2.27. The van der Waals surface area contributed by atoms with Crippen LogP contribution < -0.4 is 5.46 Å². The van der Waals surface area contributed by atoms with E-state index in [9.17, 15) is 8.78 Å². The molecule has 20 heavy (non-hydrogen) atoms. The highest BCUT2D eigenvalue weighted by Crippen LogP contribution is 2.32. The Hall–Kier alpha value is -0.975. The summed E-state index contributed by atoms with van der Waals surface area (Å²) in [6.07, 6.45) is 3.59. The average Bonchev–Trinajstić information content (AvgIpc) is 2.38. The van der Waals surface area contributed by atoms with Gasteiger partial charge in [-0.3, -0.25) is 0 Å². The van der Waals surface area contributed by atoms with Gasteiger partial charge in [0.25, 0.3) is 0 Å². The van der Waals surface area contributed by atoms with Gasteiger partial charge >= 0.3 is 7.12 Å². The van der Waals surface area contributed by atoms with Crippen molar-refractivity contribution in [3.05, 3.63) is 29.3 Å². The third-order valence-electron chi connectivity index (χ3n) is 3.80. The third kappa shape index (κ3) is 3.37. The molecule has 6 heteroatoms. The van der Waals surface area contributed by atoms with Gasteiger partial charge < -0.3 is 14.8 Å². The number of ether oxygens (including phenoxy) is 1. The monoisotopic (exact) mass is 284 g/mol. The van der Waals surface area contributed by atoms with Gasteiger partial charge in [0.1, 0.15) is 11.6 Å². The molecule has 0 aliphatic carbocycles. The Morgan fingerprint density at radius 1 is 1.25 bits per heavy atom. The average molecular weight is 284 g/mol. The molecule has 1 aromatic carbocycles. The lowest BCUT2D eigenvalue weighted by molar-refractivity contribution is -0.0197. The van der Waals surface area contributed by atoms with Crippen LogP contribution >= 0.6 is 0 Å². The van der Waals surface area contributed by atoms with Gasteiger partial charge in [-0.2, -0.15) is 0 Å². The van der Waals surface area contributed by atoms with Crippen molar-refractivity contribution in [2.24, 2.45) is 5.92 Å². The molecule has 0 radical (unpaired) electrons. The molecule has 1 aliphatic rings. The van der Waals surface area contributed by atoms with E-state index in [0.717, 1.165) is 37.8 Å². The zero-order valence-electron chi connectivity index (χ0n) is 11.5. The van der Waals surface area contributed by atoms with Crippen LogP contribution in [0.15, 0.2) is 12.1 Å². The van der Waals surface area contributed by atoms with Gasteiger partial charge in [-0.1, -0.05) is 13.3 Å². The second-order valence-corrected chi connectivity index (χ2v) is 5.33. The molecule has 1 unspecified atom stereocenters. The molecule has 1 fully saturated rings. The lowest BCUT2D eigenvalue weighted by Gasteiger charge is -2.29. The molecular formula is C14H19BF2O3.